The number of H-pyrrole nitrogens is 1. The lowest BCUT2D eigenvalue weighted by atomic mass is 10.1. The molecule has 0 spiro atoms. The Hall–Kier alpha value is -2.76. The normalized spacial score (nSPS) is 15.8. The van der Waals surface area contributed by atoms with Gasteiger partial charge in [-0.3, -0.25) is 0 Å². The number of nitrogens with one attached hydrogen (secondary N) is 1. The van der Waals surface area contributed by atoms with Crippen LogP contribution in [0.1, 0.15) is 12.8 Å². The molecule has 1 aromatic heterocycles. The van der Waals surface area contributed by atoms with E-state index >= 15 is 0 Å². The predicted octanol–water partition coefficient (Wildman–Crippen LogP) is 3.33. The number of nitrogens with zero attached hydrogens (tertiary/aromatic N) is 2. The molecule has 0 bridgehead atoms. The van der Waals surface area contributed by atoms with Gasteiger partial charge in [0.05, 0.1) is 11.0 Å². The second kappa shape index (κ2) is 6.03. The molecular formula is C18H19FN4O. The quantitative estimate of drug-likeness (QED) is 0.725. The largest absolute Gasteiger partial charge is 0.490 e. The van der Waals surface area contributed by atoms with Crippen LogP contribution < -0.4 is 15.4 Å². The molecule has 2 heterocycles. The zero-order chi connectivity index (χ0) is 16.5. The molecule has 3 N–H and O–H groups in total. The summed E-state index contributed by atoms with van der Waals surface area (Å²) in [5, 5.41) is 0. The van der Waals surface area contributed by atoms with Gasteiger partial charge in [0, 0.05) is 31.6 Å². The molecule has 0 aliphatic carbocycles. The number of rotatable bonds is 3. The van der Waals surface area contributed by atoms with Crippen molar-refractivity contribution in [1.29, 1.82) is 0 Å². The first-order chi connectivity index (χ1) is 11.7. The first-order valence-electron chi connectivity index (χ1n) is 8.10. The first kappa shape index (κ1) is 14.8. The molecule has 124 valence electrons. The second-order valence-electron chi connectivity index (χ2n) is 6.10. The molecule has 1 saturated heterocycles. The topological polar surface area (TPSA) is 67.2 Å². The fourth-order valence-corrected chi connectivity index (χ4v) is 3.05. The molecule has 5 nitrogen and oxygen atoms in total. The minimum absolute atomic E-state index is 0.145. The Balaban J connectivity index is 1.40. The summed E-state index contributed by atoms with van der Waals surface area (Å²) in [7, 11) is 0. The fourth-order valence-electron chi connectivity index (χ4n) is 3.05. The van der Waals surface area contributed by atoms with Gasteiger partial charge in [0.1, 0.15) is 17.7 Å². The average molecular weight is 326 g/mol. The SMILES string of the molecule is Nc1ccc2nc(N3CCC(Oc4ccc(F)cc4)CC3)[nH]c2c1. The zero-order valence-corrected chi connectivity index (χ0v) is 13.2. The van der Waals surface area contributed by atoms with E-state index in [0.717, 1.165) is 48.6 Å². The molecule has 1 fully saturated rings. The Morgan fingerprint density at radius 1 is 1.12 bits per heavy atom. The van der Waals surface area contributed by atoms with Gasteiger partial charge in [-0.15, -0.1) is 0 Å². The standard InChI is InChI=1S/C18H19FN4O/c19-12-1-4-14(5-2-12)24-15-7-9-23(10-8-15)18-21-16-6-3-13(20)11-17(16)22-18/h1-6,11,15H,7-10,20H2,(H,21,22). The summed E-state index contributed by atoms with van der Waals surface area (Å²) in [5.74, 6) is 1.34. The van der Waals surface area contributed by atoms with Crippen molar-refractivity contribution < 1.29 is 9.13 Å². The molecule has 6 heteroatoms. The van der Waals surface area contributed by atoms with Crippen LogP contribution in [0.15, 0.2) is 42.5 Å². The fraction of sp³-hybridized carbons (Fsp3) is 0.278. The van der Waals surface area contributed by atoms with Crippen LogP contribution in [0.4, 0.5) is 16.0 Å². The van der Waals surface area contributed by atoms with Crippen molar-refractivity contribution in [1.82, 2.24) is 9.97 Å². The van der Waals surface area contributed by atoms with Crippen molar-refractivity contribution in [3.8, 4) is 5.75 Å². The highest BCUT2D eigenvalue weighted by Gasteiger charge is 2.22. The summed E-state index contributed by atoms with van der Waals surface area (Å²) < 4.78 is 18.9. The van der Waals surface area contributed by atoms with Crippen molar-refractivity contribution in [2.24, 2.45) is 0 Å². The number of aromatic nitrogens is 2. The van der Waals surface area contributed by atoms with E-state index in [-0.39, 0.29) is 11.9 Å². The van der Waals surface area contributed by atoms with Crippen LogP contribution in [0.5, 0.6) is 5.75 Å². The zero-order valence-electron chi connectivity index (χ0n) is 13.2. The van der Waals surface area contributed by atoms with Gasteiger partial charge in [0.2, 0.25) is 5.95 Å². The Morgan fingerprint density at radius 2 is 1.88 bits per heavy atom. The van der Waals surface area contributed by atoms with Crippen LogP contribution in [-0.2, 0) is 0 Å². The van der Waals surface area contributed by atoms with E-state index in [0.29, 0.717) is 5.75 Å². The van der Waals surface area contributed by atoms with E-state index in [4.69, 9.17) is 10.5 Å². The summed E-state index contributed by atoms with van der Waals surface area (Å²) in [4.78, 5) is 10.2. The second-order valence-corrected chi connectivity index (χ2v) is 6.10. The van der Waals surface area contributed by atoms with Crippen molar-refractivity contribution >= 4 is 22.7 Å². The summed E-state index contributed by atoms with van der Waals surface area (Å²) in [6.07, 6.45) is 1.94. The van der Waals surface area contributed by atoms with Gasteiger partial charge in [-0.1, -0.05) is 0 Å². The smallest absolute Gasteiger partial charge is 0.203 e. The number of halogens is 1. The number of fused-ring (bicyclic) bond motifs is 1. The van der Waals surface area contributed by atoms with E-state index in [9.17, 15) is 4.39 Å². The third-order valence-electron chi connectivity index (χ3n) is 4.35. The maximum Gasteiger partial charge on any atom is 0.203 e. The molecule has 0 atom stereocenters. The number of imidazole rings is 1. The van der Waals surface area contributed by atoms with Crippen LogP contribution >= 0.6 is 0 Å². The molecule has 0 saturated carbocycles. The maximum absolute atomic E-state index is 12.9. The lowest BCUT2D eigenvalue weighted by Gasteiger charge is -2.31. The Labute approximate surface area is 139 Å². The Bertz CT molecular complexity index is 838. The van der Waals surface area contributed by atoms with Crippen LogP contribution in [0.2, 0.25) is 0 Å². The molecular weight excluding hydrogens is 307 g/mol. The summed E-state index contributed by atoms with van der Waals surface area (Å²) in [5.41, 5.74) is 8.41. The summed E-state index contributed by atoms with van der Waals surface area (Å²) in [6.45, 7) is 1.72. The average Bonchev–Trinajstić information content (AvgIpc) is 3.01. The summed E-state index contributed by atoms with van der Waals surface area (Å²) >= 11 is 0. The van der Waals surface area contributed by atoms with Gasteiger partial charge in [0.25, 0.3) is 0 Å². The first-order valence-corrected chi connectivity index (χ1v) is 8.10. The predicted molar refractivity (Wildman–Crippen MR) is 92.8 cm³/mol. The molecule has 2 aromatic carbocycles. The number of piperidine rings is 1. The van der Waals surface area contributed by atoms with Gasteiger partial charge in [-0.05, 0) is 42.5 Å². The number of benzene rings is 2. The molecule has 0 unspecified atom stereocenters. The minimum Gasteiger partial charge on any atom is -0.490 e. The van der Waals surface area contributed by atoms with Crippen LogP contribution in [0.3, 0.4) is 0 Å². The maximum atomic E-state index is 12.9. The van der Waals surface area contributed by atoms with Crippen molar-refractivity contribution in [2.45, 2.75) is 18.9 Å². The highest BCUT2D eigenvalue weighted by Crippen LogP contribution is 2.24. The van der Waals surface area contributed by atoms with Gasteiger partial charge in [0.15, 0.2) is 0 Å². The number of anilines is 2. The van der Waals surface area contributed by atoms with Crippen LogP contribution in [-0.4, -0.2) is 29.2 Å². The van der Waals surface area contributed by atoms with Gasteiger partial charge in [-0.2, -0.15) is 0 Å². The van der Waals surface area contributed by atoms with Crippen LogP contribution in [0.25, 0.3) is 11.0 Å². The lowest BCUT2D eigenvalue weighted by Crippen LogP contribution is -2.38. The molecule has 1 aliphatic rings. The number of hydrogen-bond acceptors (Lipinski definition) is 4. The molecule has 0 amide bonds. The third kappa shape index (κ3) is 2.99. The van der Waals surface area contributed by atoms with Gasteiger partial charge >= 0.3 is 0 Å². The molecule has 1 aliphatic heterocycles. The van der Waals surface area contributed by atoms with Gasteiger partial charge < -0.3 is 20.4 Å². The van der Waals surface area contributed by atoms with E-state index in [1.54, 1.807) is 12.1 Å². The summed E-state index contributed by atoms with van der Waals surface area (Å²) in [6, 6.07) is 11.9. The highest BCUT2D eigenvalue weighted by molar-refractivity contribution is 5.80. The highest BCUT2D eigenvalue weighted by atomic mass is 19.1. The number of hydrogen-bond donors (Lipinski definition) is 2. The molecule has 0 radical (unpaired) electrons. The molecule has 4 rings (SSSR count). The lowest BCUT2D eigenvalue weighted by molar-refractivity contribution is 0.170. The number of aromatic amines is 1. The van der Waals surface area contributed by atoms with Crippen molar-refractivity contribution in [3.05, 3.63) is 48.3 Å². The van der Waals surface area contributed by atoms with Gasteiger partial charge in [-0.25, -0.2) is 9.37 Å². The number of nitrogens with two attached hydrogens (primary N) is 1. The van der Waals surface area contributed by atoms with Crippen molar-refractivity contribution in [3.63, 3.8) is 0 Å². The van der Waals surface area contributed by atoms with E-state index in [1.165, 1.54) is 12.1 Å². The number of nitrogen functional groups attached to an aromatic ring is 1. The minimum atomic E-state index is -0.248. The van der Waals surface area contributed by atoms with E-state index in [2.05, 4.69) is 14.9 Å². The van der Waals surface area contributed by atoms with E-state index in [1.807, 2.05) is 18.2 Å². The molecule has 24 heavy (non-hydrogen) atoms. The third-order valence-corrected chi connectivity index (χ3v) is 4.35. The van der Waals surface area contributed by atoms with Crippen molar-refractivity contribution in [2.75, 3.05) is 23.7 Å². The van der Waals surface area contributed by atoms with Crippen LogP contribution in [0, 0.1) is 5.82 Å². The Morgan fingerprint density at radius 3 is 2.62 bits per heavy atom. The molecule has 3 aromatic rings. The van der Waals surface area contributed by atoms with E-state index < -0.39 is 0 Å². The number of ether oxygens (including phenoxy) is 1. The Kier molecular flexibility index (Phi) is 3.72. The monoisotopic (exact) mass is 326 g/mol.